The maximum absolute atomic E-state index is 12.1. The lowest BCUT2D eigenvalue weighted by atomic mass is 10.0. The number of ether oxygens (including phenoxy) is 2. The molecule has 0 aromatic heterocycles. The van der Waals surface area contributed by atoms with Crippen molar-refractivity contribution in [2.75, 3.05) is 6.61 Å². The summed E-state index contributed by atoms with van der Waals surface area (Å²) in [5.74, 6) is -0.677. The van der Waals surface area contributed by atoms with E-state index in [0.717, 1.165) is 6.08 Å². The van der Waals surface area contributed by atoms with E-state index in [4.69, 9.17) is 14.7 Å². The first-order chi connectivity index (χ1) is 13.0. The molecule has 0 aliphatic heterocycles. The number of benzene rings is 2. The van der Waals surface area contributed by atoms with Crippen LogP contribution in [-0.4, -0.2) is 23.7 Å². The third kappa shape index (κ3) is 6.10. The van der Waals surface area contributed by atoms with E-state index in [1.165, 1.54) is 0 Å². The average Bonchev–Trinajstić information content (AvgIpc) is 2.71. The number of rotatable bonds is 8. The molecule has 6 heteroatoms. The molecular weight excluding hydrogens is 346 g/mol. The maximum atomic E-state index is 12.1. The molecule has 0 aliphatic rings. The van der Waals surface area contributed by atoms with E-state index >= 15 is 0 Å². The van der Waals surface area contributed by atoms with Gasteiger partial charge in [-0.15, -0.1) is 0 Å². The van der Waals surface area contributed by atoms with Gasteiger partial charge in [0.25, 0.3) is 0 Å². The predicted molar refractivity (Wildman–Crippen MR) is 97.9 cm³/mol. The van der Waals surface area contributed by atoms with Crippen LogP contribution >= 0.6 is 0 Å². The highest BCUT2D eigenvalue weighted by molar-refractivity contribution is 5.91. The van der Waals surface area contributed by atoms with Crippen LogP contribution in [0.15, 0.2) is 61.2 Å². The van der Waals surface area contributed by atoms with Crippen LogP contribution in [0.2, 0.25) is 0 Å². The lowest BCUT2D eigenvalue weighted by molar-refractivity contribution is -0.138. The van der Waals surface area contributed by atoms with Crippen molar-refractivity contribution in [2.45, 2.75) is 18.9 Å². The number of hydrogen-bond acceptors (Lipinski definition) is 6. The SMILES string of the molecule is C=CC(=O)OCCCC(O)c1ccc(C(=O)Oc2ccc(C#N)cc2)cc1. The third-order valence-corrected chi connectivity index (χ3v) is 3.76. The summed E-state index contributed by atoms with van der Waals surface area (Å²) >= 11 is 0. The maximum Gasteiger partial charge on any atom is 0.343 e. The van der Waals surface area contributed by atoms with Gasteiger partial charge in [-0.2, -0.15) is 5.26 Å². The molecule has 2 rings (SSSR count). The molecule has 6 nitrogen and oxygen atoms in total. The zero-order valence-electron chi connectivity index (χ0n) is 14.6. The first-order valence-corrected chi connectivity index (χ1v) is 8.33. The first kappa shape index (κ1) is 19.9. The van der Waals surface area contributed by atoms with E-state index in [1.807, 2.05) is 6.07 Å². The van der Waals surface area contributed by atoms with Crippen LogP contribution < -0.4 is 4.74 Å². The Bertz CT molecular complexity index is 834. The molecule has 138 valence electrons. The fourth-order valence-electron chi connectivity index (χ4n) is 2.28. The smallest absolute Gasteiger partial charge is 0.343 e. The van der Waals surface area contributed by atoms with Gasteiger partial charge in [0.1, 0.15) is 5.75 Å². The minimum absolute atomic E-state index is 0.205. The van der Waals surface area contributed by atoms with Crippen molar-refractivity contribution in [1.29, 1.82) is 5.26 Å². The zero-order valence-corrected chi connectivity index (χ0v) is 14.6. The Kier molecular flexibility index (Phi) is 7.29. The van der Waals surface area contributed by atoms with Crippen LogP contribution in [0.4, 0.5) is 0 Å². The Hall–Kier alpha value is -3.43. The quantitative estimate of drug-likeness (QED) is 0.334. The van der Waals surface area contributed by atoms with Crippen molar-refractivity contribution in [3.05, 3.63) is 77.9 Å². The third-order valence-electron chi connectivity index (χ3n) is 3.76. The fourth-order valence-corrected chi connectivity index (χ4v) is 2.28. The van der Waals surface area contributed by atoms with Crippen LogP contribution in [0.5, 0.6) is 5.75 Å². The van der Waals surface area contributed by atoms with Crippen molar-refractivity contribution in [3.63, 3.8) is 0 Å². The number of hydrogen-bond donors (Lipinski definition) is 1. The fraction of sp³-hybridized carbons (Fsp3) is 0.190. The van der Waals surface area contributed by atoms with Crippen molar-refractivity contribution < 1.29 is 24.2 Å². The molecule has 0 bridgehead atoms. The molecule has 0 heterocycles. The highest BCUT2D eigenvalue weighted by Crippen LogP contribution is 2.20. The predicted octanol–water partition coefficient (Wildman–Crippen LogP) is 3.32. The molecule has 1 atom stereocenters. The van der Waals surface area contributed by atoms with Gasteiger partial charge in [0.2, 0.25) is 0 Å². The largest absolute Gasteiger partial charge is 0.463 e. The molecule has 1 N–H and O–H groups in total. The van der Waals surface area contributed by atoms with Gasteiger partial charge in [-0.1, -0.05) is 18.7 Å². The molecule has 27 heavy (non-hydrogen) atoms. The van der Waals surface area contributed by atoms with Crippen molar-refractivity contribution in [2.24, 2.45) is 0 Å². The van der Waals surface area contributed by atoms with E-state index in [-0.39, 0.29) is 6.61 Å². The molecule has 1 unspecified atom stereocenters. The molecule has 2 aromatic rings. The first-order valence-electron chi connectivity index (χ1n) is 8.33. The van der Waals surface area contributed by atoms with Crippen LogP contribution in [0.3, 0.4) is 0 Å². The number of esters is 2. The Morgan fingerprint density at radius 3 is 2.41 bits per heavy atom. The Balaban J connectivity index is 1.87. The second kappa shape index (κ2) is 9.90. The van der Waals surface area contributed by atoms with E-state index < -0.39 is 18.0 Å². The van der Waals surface area contributed by atoms with Gasteiger partial charge in [-0.25, -0.2) is 9.59 Å². The van der Waals surface area contributed by atoms with Crippen molar-refractivity contribution in [3.8, 4) is 11.8 Å². The molecule has 0 amide bonds. The molecule has 0 spiro atoms. The molecule has 2 aromatic carbocycles. The number of carbonyl (C=O) groups is 2. The van der Waals surface area contributed by atoms with Crippen LogP contribution in [-0.2, 0) is 9.53 Å². The van der Waals surface area contributed by atoms with E-state index in [0.29, 0.717) is 35.3 Å². The minimum Gasteiger partial charge on any atom is -0.463 e. The van der Waals surface area contributed by atoms with Crippen LogP contribution in [0, 0.1) is 11.3 Å². The number of aliphatic hydroxyl groups is 1. The van der Waals surface area contributed by atoms with Gasteiger partial charge in [0.05, 0.1) is 29.9 Å². The lowest BCUT2D eigenvalue weighted by Crippen LogP contribution is -2.09. The van der Waals surface area contributed by atoms with E-state index in [1.54, 1.807) is 48.5 Å². The van der Waals surface area contributed by atoms with Gasteiger partial charge in [-0.3, -0.25) is 0 Å². The summed E-state index contributed by atoms with van der Waals surface area (Å²) in [5.41, 5.74) is 1.47. The van der Waals surface area contributed by atoms with Crippen LogP contribution in [0.25, 0.3) is 0 Å². The summed E-state index contributed by atoms with van der Waals surface area (Å²) in [6.45, 7) is 3.51. The van der Waals surface area contributed by atoms with E-state index in [2.05, 4.69) is 6.58 Å². The molecule has 0 saturated carbocycles. The highest BCUT2D eigenvalue weighted by Gasteiger charge is 2.12. The second-order valence-corrected chi connectivity index (χ2v) is 5.68. The Morgan fingerprint density at radius 2 is 1.81 bits per heavy atom. The molecular formula is C21H19NO5. The second-order valence-electron chi connectivity index (χ2n) is 5.68. The average molecular weight is 365 g/mol. The van der Waals surface area contributed by atoms with Crippen LogP contribution in [0.1, 0.15) is 40.4 Å². The number of nitrogens with zero attached hydrogens (tertiary/aromatic N) is 1. The zero-order chi connectivity index (χ0) is 19.6. The summed E-state index contributed by atoms with van der Waals surface area (Å²) < 4.78 is 10.1. The summed E-state index contributed by atoms with van der Waals surface area (Å²) in [4.78, 5) is 23.1. The number of aliphatic hydroxyl groups excluding tert-OH is 1. The standard InChI is InChI=1S/C21H19NO5/c1-2-20(24)26-13-3-4-19(23)16-7-9-17(10-8-16)21(25)27-18-11-5-15(14-22)6-12-18/h2,5-12,19,23H,1,3-4,13H2. The van der Waals surface area contributed by atoms with Crippen molar-refractivity contribution >= 4 is 11.9 Å². The summed E-state index contributed by atoms with van der Waals surface area (Å²) in [7, 11) is 0. The van der Waals surface area contributed by atoms with Gasteiger partial charge < -0.3 is 14.6 Å². The Morgan fingerprint density at radius 1 is 1.15 bits per heavy atom. The van der Waals surface area contributed by atoms with E-state index in [9.17, 15) is 14.7 Å². The van der Waals surface area contributed by atoms with Crippen molar-refractivity contribution in [1.82, 2.24) is 0 Å². The van der Waals surface area contributed by atoms with Gasteiger partial charge in [0, 0.05) is 6.08 Å². The molecule has 0 aliphatic carbocycles. The molecule has 0 radical (unpaired) electrons. The van der Waals surface area contributed by atoms with Gasteiger partial charge in [-0.05, 0) is 54.8 Å². The van der Waals surface area contributed by atoms with Gasteiger partial charge in [0.15, 0.2) is 0 Å². The lowest BCUT2D eigenvalue weighted by Gasteiger charge is -2.11. The Labute approximate surface area is 157 Å². The molecule has 0 saturated heterocycles. The molecule has 0 fully saturated rings. The normalized spacial score (nSPS) is 11.1. The van der Waals surface area contributed by atoms with Gasteiger partial charge >= 0.3 is 11.9 Å². The number of carbonyl (C=O) groups excluding carboxylic acids is 2. The summed E-state index contributed by atoms with van der Waals surface area (Å²) in [5, 5.41) is 18.9. The topological polar surface area (TPSA) is 96.6 Å². The summed E-state index contributed by atoms with van der Waals surface area (Å²) in [6.07, 6.45) is 1.28. The summed E-state index contributed by atoms with van der Waals surface area (Å²) in [6, 6.07) is 14.7. The minimum atomic E-state index is -0.726. The monoisotopic (exact) mass is 365 g/mol. The highest BCUT2D eigenvalue weighted by atomic mass is 16.5. The number of nitriles is 1.